The number of hydrogen-bond donors (Lipinski definition) is 1. The number of benzene rings is 1. The molecule has 1 N–H and O–H groups in total. The Kier molecular flexibility index (Phi) is 4.62. The van der Waals surface area contributed by atoms with Crippen LogP contribution in [0.1, 0.15) is 25.0 Å². The molecule has 1 aromatic rings. The lowest BCUT2D eigenvalue weighted by Gasteiger charge is -2.26. The van der Waals surface area contributed by atoms with E-state index >= 15 is 0 Å². The fourth-order valence-electron chi connectivity index (χ4n) is 1.64. The summed E-state index contributed by atoms with van der Waals surface area (Å²) in [6.45, 7) is 8.47. The van der Waals surface area contributed by atoms with Crippen molar-refractivity contribution in [2.24, 2.45) is 0 Å². The lowest BCUT2D eigenvalue weighted by atomic mass is 9.84. The standard InChI is InChI=1S/C13H20ClN/c1-11-5-4-6-12(9-11)13(2,3)10-15-8-7-14/h4-6,9,15H,7-8,10H2,1-3H3. The van der Waals surface area contributed by atoms with Gasteiger partial charge in [-0.25, -0.2) is 0 Å². The van der Waals surface area contributed by atoms with Gasteiger partial charge in [-0.05, 0) is 12.5 Å². The van der Waals surface area contributed by atoms with Crippen LogP contribution in [0.3, 0.4) is 0 Å². The quantitative estimate of drug-likeness (QED) is 0.600. The van der Waals surface area contributed by atoms with Crippen LogP contribution in [0.15, 0.2) is 24.3 Å². The normalized spacial score (nSPS) is 11.7. The molecule has 1 aromatic carbocycles. The number of rotatable bonds is 5. The molecule has 0 radical (unpaired) electrons. The molecule has 0 saturated heterocycles. The SMILES string of the molecule is Cc1cccc(C(C)(C)CNCCCl)c1. The lowest BCUT2D eigenvalue weighted by molar-refractivity contribution is 0.478. The van der Waals surface area contributed by atoms with E-state index in [4.69, 9.17) is 11.6 Å². The van der Waals surface area contributed by atoms with Crippen LogP contribution in [0.25, 0.3) is 0 Å². The Morgan fingerprint density at radius 2 is 2.07 bits per heavy atom. The molecular weight excluding hydrogens is 206 g/mol. The molecule has 0 atom stereocenters. The van der Waals surface area contributed by atoms with Gasteiger partial charge in [0.15, 0.2) is 0 Å². The van der Waals surface area contributed by atoms with Gasteiger partial charge in [-0.15, -0.1) is 11.6 Å². The van der Waals surface area contributed by atoms with E-state index < -0.39 is 0 Å². The third-order valence-electron chi connectivity index (χ3n) is 2.64. The van der Waals surface area contributed by atoms with Crippen LogP contribution in [-0.2, 0) is 5.41 Å². The topological polar surface area (TPSA) is 12.0 Å². The van der Waals surface area contributed by atoms with Gasteiger partial charge in [0.05, 0.1) is 0 Å². The van der Waals surface area contributed by atoms with Crippen LogP contribution in [0.2, 0.25) is 0 Å². The first kappa shape index (κ1) is 12.5. The van der Waals surface area contributed by atoms with Gasteiger partial charge >= 0.3 is 0 Å². The van der Waals surface area contributed by atoms with Crippen molar-refractivity contribution in [3.05, 3.63) is 35.4 Å². The first-order chi connectivity index (χ1) is 7.06. The van der Waals surface area contributed by atoms with E-state index in [0.29, 0.717) is 5.88 Å². The van der Waals surface area contributed by atoms with Crippen molar-refractivity contribution in [1.82, 2.24) is 5.32 Å². The average Bonchev–Trinajstić information content (AvgIpc) is 2.18. The minimum atomic E-state index is 0.165. The molecule has 0 unspecified atom stereocenters. The molecule has 0 aromatic heterocycles. The number of aryl methyl sites for hydroxylation is 1. The molecule has 0 amide bonds. The van der Waals surface area contributed by atoms with Gasteiger partial charge in [-0.2, -0.15) is 0 Å². The molecule has 84 valence electrons. The maximum Gasteiger partial charge on any atom is 0.0348 e. The summed E-state index contributed by atoms with van der Waals surface area (Å²) in [5, 5.41) is 3.36. The van der Waals surface area contributed by atoms with Crippen molar-refractivity contribution in [2.75, 3.05) is 19.0 Å². The maximum absolute atomic E-state index is 5.64. The number of alkyl halides is 1. The molecule has 15 heavy (non-hydrogen) atoms. The zero-order valence-electron chi connectivity index (χ0n) is 9.81. The van der Waals surface area contributed by atoms with Crippen LogP contribution in [0.4, 0.5) is 0 Å². The molecule has 2 heteroatoms. The fraction of sp³-hybridized carbons (Fsp3) is 0.538. The average molecular weight is 226 g/mol. The number of halogens is 1. The van der Waals surface area contributed by atoms with Crippen molar-refractivity contribution in [1.29, 1.82) is 0 Å². The minimum absolute atomic E-state index is 0.165. The van der Waals surface area contributed by atoms with Gasteiger partial charge in [0, 0.05) is 24.4 Å². The third kappa shape index (κ3) is 3.84. The van der Waals surface area contributed by atoms with Crippen molar-refractivity contribution < 1.29 is 0 Å². The lowest BCUT2D eigenvalue weighted by Crippen LogP contribution is -2.33. The molecule has 0 spiro atoms. The van der Waals surface area contributed by atoms with Gasteiger partial charge < -0.3 is 5.32 Å². The van der Waals surface area contributed by atoms with E-state index in [0.717, 1.165) is 13.1 Å². The van der Waals surface area contributed by atoms with Crippen LogP contribution in [-0.4, -0.2) is 19.0 Å². The highest BCUT2D eigenvalue weighted by atomic mass is 35.5. The zero-order chi connectivity index (χ0) is 11.3. The van der Waals surface area contributed by atoms with Gasteiger partial charge in [-0.1, -0.05) is 43.7 Å². The highest BCUT2D eigenvalue weighted by molar-refractivity contribution is 6.18. The number of hydrogen-bond acceptors (Lipinski definition) is 1. The van der Waals surface area contributed by atoms with E-state index in [1.807, 2.05) is 0 Å². The van der Waals surface area contributed by atoms with Crippen molar-refractivity contribution in [2.45, 2.75) is 26.2 Å². The summed E-state index contributed by atoms with van der Waals surface area (Å²) < 4.78 is 0. The van der Waals surface area contributed by atoms with E-state index in [2.05, 4.69) is 50.4 Å². The van der Waals surface area contributed by atoms with Gasteiger partial charge in [0.2, 0.25) is 0 Å². The maximum atomic E-state index is 5.64. The first-order valence-electron chi connectivity index (χ1n) is 5.40. The van der Waals surface area contributed by atoms with Gasteiger partial charge in [0.25, 0.3) is 0 Å². The van der Waals surface area contributed by atoms with E-state index in [9.17, 15) is 0 Å². The molecular formula is C13H20ClN. The van der Waals surface area contributed by atoms with E-state index in [-0.39, 0.29) is 5.41 Å². The monoisotopic (exact) mass is 225 g/mol. The van der Waals surface area contributed by atoms with Crippen molar-refractivity contribution >= 4 is 11.6 Å². The molecule has 0 aliphatic rings. The predicted octanol–water partition coefficient (Wildman–Crippen LogP) is 3.10. The summed E-state index contributed by atoms with van der Waals surface area (Å²) in [7, 11) is 0. The highest BCUT2D eigenvalue weighted by Gasteiger charge is 2.19. The second-order valence-electron chi connectivity index (χ2n) is 4.62. The molecule has 0 heterocycles. The Morgan fingerprint density at radius 3 is 2.67 bits per heavy atom. The van der Waals surface area contributed by atoms with Crippen molar-refractivity contribution in [3.8, 4) is 0 Å². The zero-order valence-corrected chi connectivity index (χ0v) is 10.6. The van der Waals surface area contributed by atoms with Crippen LogP contribution < -0.4 is 5.32 Å². The number of nitrogens with one attached hydrogen (secondary N) is 1. The Balaban J connectivity index is 2.67. The molecule has 0 saturated carbocycles. The Morgan fingerprint density at radius 1 is 1.33 bits per heavy atom. The van der Waals surface area contributed by atoms with Crippen molar-refractivity contribution in [3.63, 3.8) is 0 Å². The van der Waals surface area contributed by atoms with E-state index in [1.165, 1.54) is 11.1 Å². The molecule has 0 aliphatic heterocycles. The van der Waals surface area contributed by atoms with Gasteiger partial charge in [0.1, 0.15) is 0 Å². The highest BCUT2D eigenvalue weighted by Crippen LogP contribution is 2.22. The molecule has 1 nitrogen and oxygen atoms in total. The third-order valence-corrected chi connectivity index (χ3v) is 2.83. The Bertz CT molecular complexity index is 307. The summed E-state index contributed by atoms with van der Waals surface area (Å²) in [6.07, 6.45) is 0. The largest absolute Gasteiger partial charge is 0.315 e. The van der Waals surface area contributed by atoms with Gasteiger partial charge in [-0.3, -0.25) is 0 Å². The summed E-state index contributed by atoms with van der Waals surface area (Å²) in [5.74, 6) is 0.671. The minimum Gasteiger partial charge on any atom is -0.315 e. The Labute approximate surface area is 97.8 Å². The van der Waals surface area contributed by atoms with Crippen LogP contribution in [0, 0.1) is 6.92 Å². The molecule has 1 rings (SSSR count). The van der Waals surface area contributed by atoms with Crippen LogP contribution >= 0.6 is 11.6 Å². The summed E-state index contributed by atoms with van der Waals surface area (Å²) >= 11 is 5.64. The second-order valence-corrected chi connectivity index (χ2v) is 5.00. The predicted molar refractivity (Wildman–Crippen MR) is 67.8 cm³/mol. The molecule has 0 bridgehead atoms. The van der Waals surface area contributed by atoms with E-state index in [1.54, 1.807) is 0 Å². The Hall–Kier alpha value is -0.530. The molecule has 0 aliphatic carbocycles. The second kappa shape index (κ2) is 5.53. The summed E-state index contributed by atoms with van der Waals surface area (Å²) in [4.78, 5) is 0. The van der Waals surface area contributed by atoms with Crippen LogP contribution in [0.5, 0.6) is 0 Å². The fourth-order valence-corrected chi connectivity index (χ4v) is 1.77. The summed E-state index contributed by atoms with van der Waals surface area (Å²) in [6, 6.07) is 8.69. The smallest absolute Gasteiger partial charge is 0.0348 e. The first-order valence-corrected chi connectivity index (χ1v) is 5.93. The molecule has 0 fully saturated rings. The summed E-state index contributed by atoms with van der Waals surface area (Å²) in [5.41, 5.74) is 2.86.